The third-order valence-electron chi connectivity index (χ3n) is 5.18. The molecule has 0 N–H and O–H groups in total. The number of methoxy groups -OCH3 is 1. The number of likely N-dealkylation sites (tertiary alicyclic amines) is 1. The lowest BCUT2D eigenvalue weighted by atomic mass is 9.74. The van der Waals surface area contributed by atoms with Gasteiger partial charge in [0.2, 0.25) is 0 Å². The van der Waals surface area contributed by atoms with Crippen LogP contribution >= 0.6 is 0 Å². The number of ether oxygens (including phenoxy) is 3. The van der Waals surface area contributed by atoms with Crippen molar-refractivity contribution in [2.75, 3.05) is 26.8 Å². The number of amides is 1. The molecule has 1 amide bonds. The highest BCUT2D eigenvalue weighted by Crippen LogP contribution is 2.46. The average Bonchev–Trinajstić information content (AvgIpc) is 2.90. The van der Waals surface area contributed by atoms with Crippen molar-refractivity contribution in [1.82, 2.24) is 4.90 Å². The van der Waals surface area contributed by atoms with Crippen molar-refractivity contribution < 1.29 is 23.8 Å². The van der Waals surface area contributed by atoms with Gasteiger partial charge in [-0.3, -0.25) is 0 Å². The Balaban J connectivity index is 1.77. The second-order valence-corrected chi connectivity index (χ2v) is 8.19. The van der Waals surface area contributed by atoms with E-state index < -0.39 is 5.60 Å². The van der Waals surface area contributed by atoms with Gasteiger partial charge < -0.3 is 19.1 Å². The quantitative estimate of drug-likeness (QED) is 0.717. The first kappa shape index (κ1) is 18.5. The molecule has 0 aliphatic carbocycles. The highest BCUT2D eigenvalue weighted by Gasteiger charge is 2.44. The molecule has 0 bridgehead atoms. The summed E-state index contributed by atoms with van der Waals surface area (Å²) < 4.78 is 16.2. The van der Waals surface area contributed by atoms with E-state index in [1.54, 1.807) is 11.0 Å². The van der Waals surface area contributed by atoms with Gasteiger partial charge in [-0.1, -0.05) is 6.07 Å². The van der Waals surface area contributed by atoms with Gasteiger partial charge in [0.15, 0.2) is 0 Å². The average molecular weight is 361 g/mol. The van der Waals surface area contributed by atoms with Crippen molar-refractivity contribution in [3.63, 3.8) is 0 Å². The molecule has 1 fully saturated rings. The molecule has 26 heavy (non-hydrogen) atoms. The summed E-state index contributed by atoms with van der Waals surface area (Å²) in [5, 5.41) is 0. The number of nitrogens with zero attached hydrogens (tertiary/aromatic N) is 1. The summed E-state index contributed by atoms with van der Waals surface area (Å²) in [7, 11) is 1.38. The first-order chi connectivity index (χ1) is 12.1. The van der Waals surface area contributed by atoms with Crippen molar-refractivity contribution >= 4 is 12.1 Å². The second kappa shape index (κ2) is 6.49. The Morgan fingerprint density at radius 2 is 1.85 bits per heavy atom. The number of carbonyl (C=O) groups excluding carboxylic acids is 2. The summed E-state index contributed by atoms with van der Waals surface area (Å²) in [5.74, 6) is 0.399. The maximum atomic E-state index is 12.3. The fourth-order valence-corrected chi connectivity index (χ4v) is 3.70. The first-order valence-corrected chi connectivity index (χ1v) is 8.99. The first-order valence-electron chi connectivity index (χ1n) is 8.99. The van der Waals surface area contributed by atoms with Crippen LogP contribution in [0, 0.1) is 6.92 Å². The van der Waals surface area contributed by atoms with Crippen LogP contribution in [-0.4, -0.2) is 49.4 Å². The highest BCUT2D eigenvalue weighted by atomic mass is 16.6. The number of piperidine rings is 1. The van der Waals surface area contributed by atoms with Gasteiger partial charge in [-0.2, -0.15) is 0 Å². The van der Waals surface area contributed by atoms with Crippen LogP contribution in [0.25, 0.3) is 0 Å². The Kier molecular flexibility index (Phi) is 4.63. The number of rotatable bonds is 1. The summed E-state index contributed by atoms with van der Waals surface area (Å²) in [5.41, 5.74) is 1.96. The van der Waals surface area contributed by atoms with E-state index in [9.17, 15) is 9.59 Å². The Bertz CT molecular complexity index is 726. The van der Waals surface area contributed by atoms with Gasteiger partial charge in [-0.25, -0.2) is 9.59 Å². The standard InChI is InChI=1S/C20H27NO5/c1-13-10-15-16(11-14(13)17(22)24-5)25-12-20(15)6-8-21(9-7-20)18(23)26-19(2,3)4/h10-11H,6-9,12H2,1-5H3. The van der Waals surface area contributed by atoms with E-state index >= 15 is 0 Å². The molecule has 2 aliphatic heterocycles. The zero-order chi connectivity index (χ0) is 19.1. The predicted molar refractivity (Wildman–Crippen MR) is 96.7 cm³/mol. The second-order valence-electron chi connectivity index (χ2n) is 8.19. The summed E-state index contributed by atoms with van der Waals surface area (Å²) >= 11 is 0. The van der Waals surface area contributed by atoms with Crippen molar-refractivity contribution in [3.8, 4) is 5.75 Å². The lowest BCUT2D eigenvalue weighted by Crippen LogP contribution is -2.47. The van der Waals surface area contributed by atoms with Gasteiger partial charge >= 0.3 is 12.1 Å². The third kappa shape index (κ3) is 3.37. The van der Waals surface area contributed by atoms with Crippen molar-refractivity contribution in [2.24, 2.45) is 0 Å². The molecule has 6 heteroatoms. The molecule has 1 saturated heterocycles. The molecule has 2 heterocycles. The van der Waals surface area contributed by atoms with Crippen LogP contribution < -0.4 is 4.74 Å². The topological polar surface area (TPSA) is 65.1 Å². The molecule has 0 saturated carbocycles. The number of carbonyl (C=O) groups is 2. The summed E-state index contributed by atoms with van der Waals surface area (Å²) in [4.78, 5) is 26.0. The maximum absolute atomic E-state index is 12.3. The van der Waals surface area contributed by atoms with E-state index in [1.165, 1.54) is 7.11 Å². The van der Waals surface area contributed by atoms with Crippen molar-refractivity contribution in [3.05, 3.63) is 28.8 Å². The van der Waals surface area contributed by atoms with E-state index in [4.69, 9.17) is 14.2 Å². The summed E-state index contributed by atoms with van der Waals surface area (Å²) in [6.45, 7) is 9.38. The van der Waals surface area contributed by atoms with Gasteiger partial charge in [0.05, 0.1) is 19.3 Å². The van der Waals surface area contributed by atoms with E-state index in [0.29, 0.717) is 25.3 Å². The number of benzene rings is 1. The van der Waals surface area contributed by atoms with Crippen molar-refractivity contribution in [1.29, 1.82) is 0 Å². The lowest BCUT2D eigenvalue weighted by Gasteiger charge is -2.39. The van der Waals surface area contributed by atoms with Gasteiger partial charge in [0, 0.05) is 24.1 Å². The largest absolute Gasteiger partial charge is 0.492 e. The summed E-state index contributed by atoms with van der Waals surface area (Å²) in [6.07, 6.45) is 1.37. The Hall–Kier alpha value is -2.24. The maximum Gasteiger partial charge on any atom is 0.410 e. The molecule has 6 nitrogen and oxygen atoms in total. The number of hydrogen-bond acceptors (Lipinski definition) is 5. The molecular weight excluding hydrogens is 334 g/mol. The van der Waals surface area contributed by atoms with E-state index in [-0.39, 0.29) is 17.5 Å². The minimum absolute atomic E-state index is 0.104. The number of esters is 1. The molecule has 1 aromatic carbocycles. The lowest BCUT2D eigenvalue weighted by molar-refractivity contribution is 0.0152. The van der Waals surface area contributed by atoms with Gasteiger partial charge in [0.1, 0.15) is 11.4 Å². The molecule has 142 valence electrons. The zero-order valence-corrected chi connectivity index (χ0v) is 16.2. The monoisotopic (exact) mass is 361 g/mol. The number of hydrogen-bond donors (Lipinski definition) is 0. The van der Waals surface area contributed by atoms with Crippen LogP contribution in [0.3, 0.4) is 0 Å². The molecule has 1 aromatic rings. The predicted octanol–water partition coefficient (Wildman–Crippen LogP) is 3.44. The van der Waals surface area contributed by atoms with Crippen LogP contribution in [0.1, 0.15) is 55.1 Å². The molecule has 3 rings (SSSR count). The molecule has 0 aromatic heterocycles. The van der Waals surface area contributed by atoms with E-state index in [2.05, 4.69) is 0 Å². The number of aryl methyl sites for hydroxylation is 1. The fourth-order valence-electron chi connectivity index (χ4n) is 3.70. The van der Waals surface area contributed by atoms with Gasteiger partial charge in [0.25, 0.3) is 0 Å². The number of fused-ring (bicyclic) bond motifs is 2. The zero-order valence-electron chi connectivity index (χ0n) is 16.2. The minimum Gasteiger partial charge on any atom is -0.492 e. The van der Waals surface area contributed by atoms with E-state index in [1.807, 2.05) is 33.8 Å². The molecule has 1 spiro atoms. The normalized spacial score (nSPS) is 18.3. The smallest absolute Gasteiger partial charge is 0.410 e. The van der Waals surface area contributed by atoms with Crippen molar-refractivity contribution in [2.45, 2.75) is 51.6 Å². The van der Waals surface area contributed by atoms with E-state index in [0.717, 1.165) is 29.7 Å². The van der Waals surface area contributed by atoms with Crippen LogP contribution in [-0.2, 0) is 14.9 Å². The molecule has 0 unspecified atom stereocenters. The molecule has 0 atom stereocenters. The highest BCUT2D eigenvalue weighted by molar-refractivity contribution is 5.91. The van der Waals surface area contributed by atoms with Gasteiger partial charge in [-0.15, -0.1) is 0 Å². The summed E-state index contributed by atoms with van der Waals surface area (Å²) in [6, 6.07) is 3.82. The molecule has 0 radical (unpaired) electrons. The van der Waals surface area contributed by atoms with Crippen LogP contribution in [0.2, 0.25) is 0 Å². The van der Waals surface area contributed by atoms with Crippen LogP contribution in [0.15, 0.2) is 12.1 Å². The van der Waals surface area contributed by atoms with Crippen LogP contribution in [0.4, 0.5) is 4.79 Å². The Labute approximate surface area is 154 Å². The SMILES string of the molecule is COC(=O)c1cc2c(cc1C)C1(CCN(C(=O)OC(C)(C)C)CC1)CO2. The Morgan fingerprint density at radius 1 is 1.19 bits per heavy atom. The molecular formula is C20H27NO5. The minimum atomic E-state index is -0.489. The third-order valence-corrected chi connectivity index (χ3v) is 5.18. The van der Waals surface area contributed by atoms with Gasteiger partial charge in [-0.05, 0) is 52.2 Å². The molecule has 2 aliphatic rings. The fraction of sp³-hybridized carbons (Fsp3) is 0.600. The Morgan fingerprint density at radius 3 is 2.42 bits per heavy atom. The van der Waals surface area contributed by atoms with Crippen LogP contribution in [0.5, 0.6) is 5.75 Å².